The summed E-state index contributed by atoms with van der Waals surface area (Å²) in [6.45, 7) is 22.4. The highest BCUT2D eigenvalue weighted by Gasteiger charge is 2.43. The Hall–Kier alpha value is -7.38. The van der Waals surface area contributed by atoms with E-state index in [0.29, 0.717) is 24.2 Å². The molecule has 20 heteroatoms. The van der Waals surface area contributed by atoms with E-state index in [1.54, 1.807) is 12.7 Å². The van der Waals surface area contributed by atoms with Crippen LogP contribution in [0.25, 0.3) is 0 Å². The van der Waals surface area contributed by atoms with Crippen LogP contribution in [-0.2, 0) is 83.2 Å². The van der Waals surface area contributed by atoms with E-state index in [1.165, 1.54) is 42.0 Å². The van der Waals surface area contributed by atoms with E-state index in [0.717, 1.165) is 42.1 Å². The Balaban J connectivity index is 1.59. The lowest BCUT2D eigenvalue weighted by molar-refractivity contribution is -0.176. The third-order valence-corrected chi connectivity index (χ3v) is 14.6. The molecule has 4 amide bonds. The number of ether oxygens (including phenoxy) is 4. The van der Waals surface area contributed by atoms with Crippen LogP contribution in [0.3, 0.4) is 0 Å². The number of carbonyl (C=O) groups excluding carboxylic acids is 8. The van der Waals surface area contributed by atoms with Crippen molar-refractivity contribution in [2.45, 2.75) is 183 Å². The molecule has 8 atom stereocenters. The number of aryl methyl sites for hydroxylation is 2. The quantitative estimate of drug-likeness (QED) is 0.0835. The lowest BCUT2D eigenvalue weighted by atomic mass is 9.99. The highest BCUT2D eigenvalue weighted by Crippen LogP contribution is 2.25. The van der Waals surface area contributed by atoms with Crippen molar-refractivity contribution in [3.63, 3.8) is 0 Å². The molecule has 20 nitrogen and oxygen atoms in total. The number of benzene rings is 2. The summed E-state index contributed by atoms with van der Waals surface area (Å²) in [7, 11) is 5.59. The third-order valence-electron chi connectivity index (χ3n) is 14.6. The van der Waals surface area contributed by atoms with E-state index in [2.05, 4.69) is 9.97 Å². The van der Waals surface area contributed by atoms with Crippen molar-refractivity contribution in [2.24, 2.45) is 23.7 Å². The van der Waals surface area contributed by atoms with Crippen LogP contribution in [0.5, 0.6) is 0 Å². The third kappa shape index (κ3) is 18.3. The molecule has 1 aliphatic heterocycles. The van der Waals surface area contributed by atoms with Gasteiger partial charge < -0.3 is 47.7 Å². The zero-order valence-corrected chi connectivity index (χ0v) is 51.0. The number of hydrogen-bond donors (Lipinski definition) is 0. The maximum Gasteiger partial charge on any atom is 0.329 e. The van der Waals surface area contributed by atoms with Gasteiger partial charge >= 0.3 is 23.9 Å². The maximum atomic E-state index is 15.0. The average Bonchev–Trinajstić information content (AvgIpc) is 4.05. The molecule has 0 N–H and O–H groups in total. The zero-order chi connectivity index (χ0) is 60.9. The van der Waals surface area contributed by atoms with E-state index in [9.17, 15) is 28.8 Å². The first-order chi connectivity index (χ1) is 38.5. The molecule has 0 radical (unpaired) electrons. The molecule has 1 aliphatic rings. The molecule has 5 rings (SSSR count). The summed E-state index contributed by atoms with van der Waals surface area (Å²) in [5.41, 5.74) is 4.86. The van der Waals surface area contributed by atoms with Crippen LogP contribution in [0.2, 0.25) is 0 Å². The maximum absolute atomic E-state index is 15.0. The summed E-state index contributed by atoms with van der Waals surface area (Å²) in [4.78, 5) is 131. The predicted octanol–water partition coefficient (Wildman–Crippen LogP) is 6.77. The summed E-state index contributed by atoms with van der Waals surface area (Å²) >= 11 is 0. The summed E-state index contributed by atoms with van der Waals surface area (Å²) in [5, 5.41) is 0. The summed E-state index contributed by atoms with van der Waals surface area (Å²) in [6, 6.07) is 9.70. The molecule has 1 fully saturated rings. The van der Waals surface area contributed by atoms with Gasteiger partial charge in [0, 0.05) is 66.5 Å². The van der Waals surface area contributed by atoms with Crippen molar-refractivity contribution in [3.05, 3.63) is 107 Å². The highest BCUT2D eigenvalue weighted by molar-refractivity contribution is 5.94. The van der Waals surface area contributed by atoms with Crippen molar-refractivity contribution in [1.29, 1.82) is 0 Å². The highest BCUT2D eigenvalue weighted by atomic mass is 16.6. The Morgan fingerprint density at radius 3 is 0.915 bits per heavy atom. The number of nitrogens with zero attached hydrogens (tertiary/aromatic N) is 8. The molecule has 2 aromatic heterocycles. The monoisotopic (exact) mass is 1140 g/mol. The number of rotatable bonds is 16. The predicted molar refractivity (Wildman–Crippen MR) is 307 cm³/mol. The molecule has 0 spiro atoms. The second-order valence-corrected chi connectivity index (χ2v) is 23.8. The van der Waals surface area contributed by atoms with Crippen molar-refractivity contribution in [2.75, 3.05) is 28.2 Å². The van der Waals surface area contributed by atoms with Gasteiger partial charge in [-0.25, -0.2) is 29.1 Å². The van der Waals surface area contributed by atoms with Gasteiger partial charge in [0.05, 0.1) is 24.0 Å². The van der Waals surface area contributed by atoms with Crippen LogP contribution in [-0.4, -0.2) is 163 Å². The molecular formula is C62H88N8O12. The fraction of sp³-hybridized carbons (Fsp3) is 0.581. The second-order valence-electron chi connectivity index (χ2n) is 23.8. The van der Waals surface area contributed by atoms with E-state index in [1.807, 2.05) is 139 Å². The van der Waals surface area contributed by atoms with Crippen molar-refractivity contribution in [3.8, 4) is 0 Å². The summed E-state index contributed by atoms with van der Waals surface area (Å²) in [6.07, 6.45) is 1.36. The molecule has 0 aliphatic carbocycles. The lowest BCUT2D eigenvalue weighted by Crippen LogP contribution is -2.55. The molecule has 2 aromatic carbocycles. The average molecular weight is 1140 g/mol. The van der Waals surface area contributed by atoms with Gasteiger partial charge in [0.15, 0.2) is 24.4 Å². The normalized spacial score (nSPS) is 23.0. The van der Waals surface area contributed by atoms with Crippen molar-refractivity contribution < 1.29 is 57.3 Å². The Labute approximate surface area is 484 Å². The van der Waals surface area contributed by atoms with E-state index in [4.69, 9.17) is 18.9 Å². The van der Waals surface area contributed by atoms with Crippen molar-refractivity contribution in [1.82, 2.24) is 38.7 Å². The number of likely N-dealkylation sites (N-methyl/N-ethyl adjacent to an activating group) is 4. The summed E-state index contributed by atoms with van der Waals surface area (Å²) in [5.74, 6) is -7.39. The van der Waals surface area contributed by atoms with Crippen LogP contribution in [0, 0.1) is 37.5 Å². The molecule has 82 heavy (non-hydrogen) atoms. The Kier molecular flexibility index (Phi) is 23.6. The van der Waals surface area contributed by atoms with Crippen molar-refractivity contribution >= 4 is 47.5 Å². The van der Waals surface area contributed by atoms with E-state index >= 15 is 9.59 Å². The number of hydrogen-bond acceptors (Lipinski definition) is 14. The van der Waals surface area contributed by atoms with Gasteiger partial charge in [0.2, 0.25) is 0 Å². The van der Waals surface area contributed by atoms with Gasteiger partial charge in [-0.3, -0.25) is 19.2 Å². The molecule has 3 heterocycles. The minimum atomic E-state index is -1.53. The van der Waals surface area contributed by atoms with Crippen LogP contribution >= 0.6 is 0 Å². The number of aromatic nitrogens is 4. The molecule has 4 aromatic rings. The van der Waals surface area contributed by atoms with Gasteiger partial charge in [0.1, 0.15) is 24.2 Å². The zero-order valence-electron chi connectivity index (χ0n) is 51.0. The molecule has 0 saturated carbocycles. The van der Waals surface area contributed by atoms with Gasteiger partial charge in [-0.2, -0.15) is 0 Å². The molecule has 0 unspecified atom stereocenters. The van der Waals surface area contributed by atoms with E-state index in [-0.39, 0.29) is 62.2 Å². The minimum absolute atomic E-state index is 0.0853. The first-order valence-corrected chi connectivity index (χ1v) is 28.5. The number of amides is 4. The van der Waals surface area contributed by atoms with Gasteiger partial charge in [-0.1, -0.05) is 104 Å². The van der Waals surface area contributed by atoms with Gasteiger partial charge in [0.25, 0.3) is 23.6 Å². The van der Waals surface area contributed by atoms with Crippen LogP contribution in [0.4, 0.5) is 0 Å². The fourth-order valence-corrected chi connectivity index (χ4v) is 10.0. The smallest absolute Gasteiger partial charge is 0.329 e. The van der Waals surface area contributed by atoms with Gasteiger partial charge in [-0.15, -0.1) is 0 Å². The molecular weight excluding hydrogens is 1050 g/mol. The Bertz CT molecular complexity index is 2620. The van der Waals surface area contributed by atoms with Crippen LogP contribution in [0.1, 0.15) is 129 Å². The number of imidazole rings is 2. The van der Waals surface area contributed by atoms with Crippen LogP contribution < -0.4 is 0 Å². The molecule has 0 bridgehead atoms. The SMILES string of the molecule is Cc1cn(Cc2ccc(C[C@H]3OC(=O)[C@H](CC(C)C)N(C)C(=O)[C@@H](C)OC(=O)[C@H](CC(C)C)N(C)C(=O)[C@@H](Cc4ccc(Cn5cnc(C)c5)cc4)OC(=O)[C@H](CC(C)C)N(C)C(=O)[C@@H](C)OC(=O)[C@H](CC(C)C)N(C)C3=O)cc2)cn1. The largest absolute Gasteiger partial charge is 0.451 e. The standard InChI is InChI=1S/C62H88N8O12/c1-37(2)25-49-59(75)79-43(11)55(71)65(13)52(28-40(7)8)62(78)82-54(30-46-19-23-48(24-20-46)34-70-32-42(10)64-36-70)58(74)68(16)50(26-38(3)4)60(76)80-44(12)56(72)66(14)51(27-39(5)6)61(77)81-53(57(73)67(49)15)29-45-17-21-47(22-18-45)33-69-31-41(9)63-35-69/h17-24,31-32,35-40,43-44,49-54H,25-30,33-34H2,1-16H3/t43-,44-,49+,50+,51+,52+,53-,54-/m1/s1. The molecule has 448 valence electrons. The number of esters is 4. The second kappa shape index (κ2) is 29.6. The minimum Gasteiger partial charge on any atom is -0.451 e. The number of cyclic esters (lactones) is 4. The van der Waals surface area contributed by atoms with E-state index < -0.39 is 96.1 Å². The summed E-state index contributed by atoms with van der Waals surface area (Å²) < 4.78 is 28.1. The Morgan fingerprint density at radius 1 is 0.402 bits per heavy atom. The lowest BCUT2D eigenvalue weighted by Gasteiger charge is -2.35. The first kappa shape index (κ1) is 65.4. The molecule has 1 saturated heterocycles. The first-order valence-electron chi connectivity index (χ1n) is 28.5. The van der Waals surface area contributed by atoms with Gasteiger partial charge in [-0.05, 0) is 99.3 Å². The fourth-order valence-electron chi connectivity index (χ4n) is 10.0. The Morgan fingerprint density at radius 2 is 0.659 bits per heavy atom. The number of carbonyl (C=O) groups is 8. The topological polar surface area (TPSA) is 222 Å². The van der Waals surface area contributed by atoms with Crippen LogP contribution in [0.15, 0.2) is 73.6 Å².